The molecule has 0 bridgehead atoms. The number of carbonyl (C=O) groups is 1. The van der Waals surface area contributed by atoms with Crippen molar-refractivity contribution in [3.8, 4) is 5.75 Å². The van der Waals surface area contributed by atoms with Crippen molar-refractivity contribution >= 4 is 5.91 Å². The number of benzene rings is 1. The van der Waals surface area contributed by atoms with E-state index >= 15 is 0 Å². The minimum atomic E-state index is -1.19. The number of nitrogens with zero attached hydrogens (tertiary/aromatic N) is 2. The molecule has 2 aromatic rings. The number of carbonyl (C=O) groups excluding carboxylic acids is 1. The number of nitrogens with one attached hydrogen (secondary N) is 1. The fraction of sp³-hybridized carbons (Fsp3) is 0.333. The summed E-state index contributed by atoms with van der Waals surface area (Å²) in [6.45, 7) is 1.69. The van der Waals surface area contributed by atoms with E-state index in [0.717, 1.165) is 0 Å². The lowest BCUT2D eigenvalue weighted by Crippen LogP contribution is -2.39. The molecule has 1 aromatic carbocycles. The van der Waals surface area contributed by atoms with Crippen LogP contribution in [-0.4, -0.2) is 32.4 Å². The lowest BCUT2D eigenvalue weighted by atomic mass is 9.99. The van der Waals surface area contributed by atoms with Gasteiger partial charge in [-0.1, -0.05) is 18.2 Å². The van der Waals surface area contributed by atoms with Gasteiger partial charge in [0.2, 0.25) is 5.91 Å². The van der Waals surface area contributed by atoms with Crippen molar-refractivity contribution in [3.05, 3.63) is 47.8 Å². The Labute approximate surface area is 123 Å². The van der Waals surface area contributed by atoms with Crippen molar-refractivity contribution in [1.82, 2.24) is 15.1 Å². The van der Waals surface area contributed by atoms with Gasteiger partial charge >= 0.3 is 0 Å². The Hall–Kier alpha value is -2.34. The number of phenolic OH excluding ortho intramolecular Hbond substituents is 1. The smallest absolute Gasteiger partial charge is 0.224 e. The molecule has 21 heavy (non-hydrogen) atoms. The second kappa shape index (κ2) is 5.97. The van der Waals surface area contributed by atoms with E-state index < -0.39 is 5.60 Å². The second-order valence-corrected chi connectivity index (χ2v) is 5.26. The summed E-state index contributed by atoms with van der Waals surface area (Å²) in [4.78, 5) is 11.9. The van der Waals surface area contributed by atoms with E-state index in [-0.39, 0.29) is 24.6 Å². The standard InChI is InChI=1S/C15H19N3O3/c1-15(21,12-8-17-18(2)9-12)10-16-14(20)7-11-5-3-4-6-13(11)19/h3-6,8-9,19,21H,7,10H2,1-2H3,(H,16,20). The van der Waals surface area contributed by atoms with Crippen LogP contribution in [0.1, 0.15) is 18.1 Å². The van der Waals surface area contributed by atoms with Gasteiger partial charge < -0.3 is 15.5 Å². The number of phenols is 1. The van der Waals surface area contributed by atoms with E-state index in [0.29, 0.717) is 11.1 Å². The Kier molecular flexibility index (Phi) is 4.28. The number of amides is 1. The summed E-state index contributed by atoms with van der Waals surface area (Å²) in [6, 6.07) is 6.68. The third kappa shape index (κ3) is 3.82. The van der Waals surface area contributed by atoms with Gasteiger partial charge in [-0.15, -0.1) is 0 Å². The molecule has 0 saturated carbocycles. The van der Waals surface area contributed by atoms with Crippen LogP contribution < -0.4 is 5.32 Å². The van der Waals surface area contributed by atoms with Crippen LogP contribution in [0.4, 0.5) is 0 Å². The van der Waals surface area contributed by atoms with Crippen molar-refractivity contribution in [3.63, 3.8) is 0 Å². The molecular formula is C15H19N3O3. The van der Waals surface area contributed by atoms with Gasteiger partial charge in [0, 0.05) is 24.4 Å². The molecule has 6 heteroatoms. The Morgan fingerprint density at radius 3 is 2.76 bits per heavy atom. The molecule has 0 aliphatic rings. The molecule has 1 unspecified atom stereocenters. The minimum Gasteiger partial charge on any atom is -0.508 e. The topological polar surface area (TPSA) is 87.4 Å². The number of aryl methyl sites for hydroxylation is 1. The van der Waals surface area contributed by atoms with Crippen LogP contribution >= 0.6 is 0 Å². The molecule has 0 aliphatic carbocycles. The van der Waals surface area contributed by atoms with Gasteiger partial charge in [0.1, 0.15) is 11.4 Å². The Morgan fingerprint density at radius 2 is 2.14 bits per heavy atom. The summed E-state index contributed by atoms with van der Waals surface area (Å²) in [7, 11) is 1.76. The Balaban J connectivity index is 1.93. The first-order chi connectivity index (χ1) is 9.88. The molecular weight excluding hydrogens is 270 g/mol. The zero-order valence-electron chi connectivity index (χ0n) is 12.1. The molecule has 3 N–H and O–H groups in total. The maximum Gasteiger partial charge on any atom is 0.224 e. The number of aromatic nitrogens is 2. The van der Waals surface area contributed by atoms with Crippen LogP contribution in [0, 0.1) is 0 Å². The molecule has 1 aromatic heterocycles. The van der Waals surface area contributed by atoms with Gasteiger partial charge in [0.05, 0.1) is 19.2 Å². The maximum absolute atomic E-state index is 11.9. The highest BCUT2D eigenvalue weighted by Crippen LogP contribution is 2.19. The van der Waals surface area contributed by atoms with Crippen LogP contribution in [0.5, 0.6) is 5.75 Å². The van der Waals surface area contributed by atoms with E-state index in [1.54, 1.807) is 49.2 Å². The molecule has 1 amide bonds. The predicted octanol–water partition coefficient (Wildman–Crippen LogP) is 0.692. The van der Waals surface area contributed by atoms with Crippen LogP contribution in [0.2, 0.25) is 0 Å². The molecule has 0 fully saturated rings. The predicted molar refractivity (Wildman–Crippen MR) is 77.6 cm³/mol. The fourth-order valence-corrected chi connectivity index (χ4v) is 1.97. The van der Waals surface area contributed by atoms with E-state index in [1.807, 2.05) is 0 Å². The van der Waals surface area contributed by atoms with Crippen LogP contribution in [0.15, 0.2) is 36.7 Å². The summed E-state index contributed by atoms with van der Waals surface area (Å²) >= 11 is 0. The minimum absolute atomic E-state index is 0.0653. The van der Waals surface area contributed by atoms with Crippen molar-refractivity contribution in [2.45, 2.75) is 18.9 Å². The van der Waals surface area contributed by atoms with E-state index in [4.69, 9.17) is 0 Å². The molecule has 1 heterocycles. The number of para-hydroxylation sites is 1. The largest absolute Gasteiger partial charge is 0.508 e. The van der Waals surface area contributed by atoms with Crippen molar-refractivity contribution in [2.24, 2.45) is 7.05 Å². The summed E-state index contributed by atoms with van der Waals surface area (Å²) in [5.74, 6) is -0.174. The first-order valence-corrected chi connectivity index (χ1v) is 6.63. The summed E-state index contributed by atoms with van der Waals surface area (Å²) < 4.78 is 1.59. The molecule has 6 nitrogen and oxygen atoms in total. The van der Waals surface area contributed by atoms with Gasteiger partial charge in [-0.2, -0.15) is 5.10 Å². The number of aliphatic hydroxyl groups is 1. The first-order valence-electron chi connectivity index (χ1n) is 6.63. The van der Waals surface area contributed by atoms with Crippen molar-refractivity contribution < 1.29 is 15.0 Å². The summed E-state index contributed by atoms with van der Waals surface area (Å²) in [6.07, 6.45) is 3.33. The highest BCUT2D eigenvalue weighted by Gasteiger charge is 2.25. The number of hydrogen-bond acceptors (Lipinski definition) is 4. The number of aromatic hydroxyl groups is 1. The quantitative estimate of drug-likeness (QED) is 0.756. The maximum atomic E-state index is 11.9. The van der Waals surface area contributed by atoms with E-state index in [2.05, 4.69) is 10.4 Å². The van der Waals surface area contributed by atoms with Crippen LogP contribution in [0.25, 0.3) is 0 Å². The van der Waals surface area contributed by atoms with Crippen molar-refractivity contribution in [1.29, 1.82) is 0 Å². The van der Waals surface area contributed by atoms with Gasteiger partial charge in [-0.05, 0) is 13.0 Å². The van der Waals surface area contributed by atoms with Gasteiger partial charge in [-0.25, -0.2) is 0 Å². The zero-order valence-corrected chi connectivity index (χ0v) is 12.1. The Bertz CT molecular complexity index is 635. The third-order valence-corrected chi connectivity index (χ3v) is 3.30. The van der Waals surface area contributed by atoms with E-state index in [9.17, 15) is 15.0 Å². The van der Waals surface area contributed by atoms with Gasteiger partial charge in [0.25, 0.3) is 0 Å². The molecule has 112 valence electrons. The fourth-order valence-electron chi connectivity index (χ4n) is 1.97. The average Bonchev–Trinajstić information content (AvgIpc) is 2.87. The van der Waals surface area contributed by atoms with Gasteiger partial charge in [-0.3, -0.25) is 9.48 Å². The third-order valence-electron chi connectivity index (χ3n) is 3.30. The Morgan fingerprint density at radius 1 is 1.43 bits per heavy atom. The highest BCUT2D eigenvalue weighted by molar-refractivity contribution is 5.79. The molecule has 1 atom stereocenters. The molecule has 0 saturated heterocycles. The molecule has 2 rings (SSSR count). The summed E-state index contributed by atoms with van der Waals surface area (Å²) in [5.41, 5.74) is -0.00767. The average molecular weight is 289 g/mol. The number of rotatable bonds is 5. The monoisotopic (exact) mass is 289 g/mol. The van der Waals surface area contributed by atoms with E-state index in [1.165, 1.54) is 6.07 Å². The highest BCUT2D eigenvalue weighted by atomic mass is 16.3. The van der Waals surface area contributed by atoms with Crippen molar-refractivity contribution in [2.75, 3.05) is 6.54 Å². The zero-order chi connectivity index (χ0) is 15.5. The SMILES string of the molecule is Cn1cc(C(C)(O)CNC(=O)Cc2ccccc2O)cn1. The van der Waals surface area contributed by atoms with Crippen LogP contribution in [0.3, 0.4) is 0 Å². The molecule has 0 aliphatic heterocycles. The first kappa shape index (κ1) is 15.1. The van der Waals surface area contributed by atoms with Gasteiger partial charge in [0.15, 0.2) is 0 Å². The normalized spacial score (nSPS) is 13.7. The second-order valence-electron chi connectivity index (χ2n) is 5.26. The lowest BCUT2D eigenvalue weighted by molar-refractivity contribution is -0.121. The molecule has 0 spiro atoms. The van der Waals surface area contributed by atoms with Crippen LogP contribution in [-0.2, 0) is 23.9 Å². The summed E-state index contributed by atoms with van der Waals surface area (Å²) in [5, 5.41) is 26.6. The number of hydrogen-bond donors (Lipinski definition) is 3. The lowest BCUT2D eigenvalue weighted by Gasteiger charge is -2.22. The molecule has 0 radical (unpaired) electrons.